The Labute approximate surface area is 240 Å². The molecule has 1 heterocycles. The van der Waals surface area contributed by atoms with Gasteiger partial charge in [-0.05, 0) is 80.1 Å². The highest BCUT2D eigenvalue weighted by Gasteiger charge is 2.88. The van der Waals surface area contributed by atoms with Gasteiger partial charge in [-0.25, -0.2) is 6.57 Å². The Morgan fingerprint density at radius 2 is 1.73 bits per heavy atom. The summed E-state index contributed by atoms with van der Waals surface area (Å²) in [6.45, 7) is 20.4. The highest BCUT2D eigenvalue weighted by molar-refractivity contribution is 6.01. The number of nitrogens with zero attached hydrogens (tertiary/aromatic N) is 1. The lowest BCUT2D eigenvalue weighted by molar-refractivity contribution is -0.178. The predicted octanol–water partition coefficient (Wildman–Crippen LogP) is 5.02. The molecule has 0 radical (unpaired) electrons. The highest BCUT2D eigenvalue weighted by atomic mass is 19.3. The second-order valence-corrected chi connectivity index (χ2v) is 15.8. The van der Waals surface area contributed by atoms with Crippen molar-refractivity contribution in [1.82, 2.24) is 5.32 Å². The molecule has 1 aliphatic heterocycles. The molecule has 6 rings (SSSR count). The first-order valence-electron chi connectivity index (χ1n) is 15.0. The molecule has 0 aromatic rings. The molecule has 0 aromatic heterocycles. The van der Waals surface area contributed by atoms with Crippen LogP contribution in [0.4, 0.5) is 8.78 Å². The van der Waals surface area contributed by atoms with E-state index in [-0.39, 0.29) is 17.1 Å². The van der Waals surface area contributed by atoms with E-state index in [1.807, 2.05) is 6.92 Å². The van der Waals surface area contributed by atoms with E-state index in [2.05, 4.69) is 37.9 Å². The van der Waals surface area contributed by atoms with E-state index in [0.717, 1.165) is 12.0 Å². The number of rotatable bonds is 2. The normalized spacial score (nSPS) is 51.5. The van der Waals surface area contributed by atoms with Gasteiger partial charge in [-0.1, -0.05) is 40.2 Å². The van der Waals surface area contributed by atoms with Crippen LogP contribution in [-0.4, -0.2) is 51.5 Å². The molecular weight excluding hydrogens is 530 g/mol. The molecule has 0 aromatic carbocycles. The number of carbonyl (C=O) groups is 3. The van der Waals surface area contributed by atoms with Crippen LogP contribution in [0.25, 0.3) is 4.85 Å². The maximum Gasteiger partial charge on any atom is 0.427 e. The average Bonchev–Trinajstić information content (AvgIpc) is 3.62. The Morgan fingerprint density at radius 3 is 2.34 bits per heavy atom. The summed E-state index contributed by atoms with van der Waals surface area (Å²) in [6, 6.07) is 0. The molecule has 5 fully saturated rings. The number of ether oxygens (including phenoxy) is 1. The molecule has 4 saturated carbocycles. The van der Waals surface area contributed by atoms with E-state index in [4.69, 9.17) is 11.3 Å². The summed E-state index contributed by atoms with van der Waals surface area (Å²) >= 11 is 0. The summed E-state index contributed by atoms with van der Waals surface area (Å²) in [4.78, 5) is 44.0. The van der Waals surface area contributed by atoms with Crippen LogP contribution in [0.5, 0.6) is 0 Å². The Balaban J connectivity index is 1.49. The fraction of sp³-hybridized carbons (Fsp3) is 0.812. The van der Waals surface area contributed by atoms with Gasteiger partial charge >= 0.3 is 11.6 Å². The van der Waals surface area contributed by atoms with Crippen molar-refractivity contribution in [3.05, 3.63) is 23.1 Å². The zero-order valence-corrected chi connectivity index (χ0v) is 25.1. The average molecular weight is 573 g/mol. The van der Waals surface area contributed by atoms with Crippen LogP contribution >= 0.6 is 0 Å². The number of alkyl halides is 2. The molecule has 9 heteroatoms. The predicted molar refractivity (Wildman–Crippen MR) is 145 cm³/mol. The zero-order valence-electron chi connectivity index (χ0n) is 25.1. The number of amides is 1. The number of epoxide rings is 1. The quantitative estimate of drug-likeness (QED) is 0.358. The maximum atomic E-state index is 14.5. The van der Waals surface area contributed by atoms with Crippen LogP contribution in [-0.2, 0) is 19.1 Å². The van der Waals surface area contributed by atoms with Crippen molar-refractivity contribution >= 4 is 17.5 Å². The molecule has 0 unspecified atom stereocenters. The van der Waals surface area contributed by atoms with Crippen molar-refractivity contribution in [1.29, 1.82) is 0 Å². The van der Waals surface area contributed by atoms with E-state index in [1.54, 1.807) is 6.08 Å². The number of hydrogen-bond donors (Lipinski definition) is 2. The Kier molecular flexibility index (Phi) is 5.54. The van der Waals surface area contributed by atoms with Gasteiger partial charge in [-0.2, -0.15) is 8.78 Å². The molecule has 1 saturated heterocycles. The molecule has 5 aliphatic carbocycles. The molecule has 0 spiro atoms. The van der Waals surface area contributed by atoms with Gasteiger partial charge in [0.05, 0.1) is 0 Å². The molecule has 0 bridgehead atoms. The summed E-state index contributed by atoms with van der Waals surface area (Å²) < 4.78 is 34.2. The third-order valence-corrected chi connectivity index (χ3v) is 13.1. The third kappa shape index (κ3) is 3.32. The van der Waals surface area contributed by atoms with Gasteiger partial charge in [0, 0.05) is 29.7 Å². The van der Waals surface area contributed by atoms with Crippen molar-refractivity contribution in [2.24, 2.45) is 39.4 Å². The summed E-state index contributed by atoms with van der Waals surface area (Å²) in [6.07, 6.45) is 5.06. The minimum Gasteiger partial charge on any atom is -0.382 e. The number of ketones is 2. The van der Waals surface area contributed by atoms with Crippen molar-refractivity contribution in [2.75, 3.05) is 0 Å². The number of allylic oxidation sites excluding steroid dienone is 1. The lowest BCUT2D eigenvalue weighted by Crippen LogP contribution is -2.72. The summed E-state index contributed by atoms with van der Waals surface area (Å²) in [5.41, 5.74) is -5.70. The van der Waals surface area contributed by atoms with Crippen LogP contribution in [0.3, 0.4) is 0 Å². The first-order valence-corrected chi connectivity index (χ1v) is 15.0. The minimum atomic E-state index is -3.52. The van der Waals surface area contributed by atoms with Gasteiger partial charge < -0.3 is 10.4 Å². The van der Waals surface area contributed by atoms with Crippen LogP contribution in [0.1, 0.15) is 93.4 Å². The number of nitrogens with one attached hydrogen (secondary N) is 1. The van der Waals surface area contributed by atoms with Crippen molar-refractivity contribution in [2.45, 2.75) is 122 Å². The van der Waals surface area contributed by atoms with E-state index in [1.165, 1.54) is 6.92 Å². The molecule has 10 atom stereocenters. The molecule has 6 aliphatic rings. The van der Waals surface area contributed by atoms with Gasteiger partial charge in [0.1, 0.15) is 5.60 Å². The number of carbonyl (C=O) groups excluding carboxylic acids is 3. The third-order valence-electron chi connectivity index (χ3n) is 13.1. The topological polar surface area (TPSA) is 100 Å². The molecular formula is C32H42F2N2O5. The van der Waals surface area contributed by atoms with E-state index in [9.17, 15) is 28.3 Å². The molecule has 224 valence electrons. The van der Waals surface area contributed by atoms with Gasteiger partial charge in [-0.3, -0.25) is 24.0 Å². The number of fused-ring (bicyclic) bond motifs is 9. The van der Waals surface area contributed by atoms with Gasteiger partial charge in [-0.15, -0.1) is 0 Å². The molecule has 1 amide bonds. The van der Waals surface area contributed by atoms with Crippen molar-refractivity contribution < 1.29 is 33.0 Å². The standard InChI is InChI=1S/C32H42F2N2O5/c1-25(2)11-13-31(36-24(39)30(7,33)34)14-12-27(4)21(17(31)16-25)18(37)15-20-26(27,3)10-9-19-28(20,5)23-32(35-8,41-23)22(38)29(19,6)40/h15,17,19,21,23,40H,9-14,16H2,1-7H3,(H,36,39)/t17-,19+,21-,23+,26+,27+,28-,29-,31-,32-/m0/s1. The Morgan fingerprint density at radius 1 is 1.10 bits per heavy atom. The SMILES string of the molecule is [C-]#[N+][C@@]12O[C@@H]1[C@]1(C)C3=CC(=O)[C@@H]4[C@@H]5CC(C)(C)CC[C@]5(NC(=O)C(C)(F)F)CC[C@@]4(C)[C@]3(C)CC[C@H]1[C@](C)(O)C2=O. The lowest BCUT2D eigenvalue weighted by atomic mass is 9.35. The fourth-order valence-corrected chi connectivity index (χ4v) is 10.6. The summed E-state index contributed by atoms with van der Waals surface area (Å²) in [5, 5.41) is 14.3. The highest BCUT2D eigenvalue weighted by Crippen LogP contribution is 2.76. The van der Waals surface area contributed by atoms with Crippen LogP contribution < -0.4 is 5.32 Å². The monoisotopic (exact) mass is 572 g/mol. The van der Waals surface area contributed by atoms with Crippen molar-refractivity contribution in [3.8, 4) is 0 Å². The molecule has 7 nitrogen and oxygen atoms in total. The summed E-state index contributed by atoms with van der Waals surface area (Å²) in [7, 11) is 0. The fourth-order valence-electron chi connectivity index (χ4n) is 10.6. The lowest BCUT2D eigenvalue weighted by Gasteiger charge is -2.69. The second-order valence-electron chi connectivity index (χ2n) is 15.8. The second kappa shape index (κ2) is 7.85. The van der Waals surface area contributed by atoms with Gasteiger partial charge in [0.15, 0.2) is 11.9 Å². The first-order chi connectivity index (χ1) is 18.7. The number of aliphatic hydroxyl groups is 1. The maximum absolute atomic E-state index is 14.5. The van der Waals surface area contributed by atoms with Gasteiger partial charge in [0.25, 0.3) is 11.7 Å². The summed E-state index contributed by atoms with van der Waals surface area (Å²) in [5.74, 6) is -6.84. The van der Waals surface area contributed by atoms with Crippen LogP contribution in [0, 0.1) is 46.0 Å². The molecule has 2 N–H and O–H groups in total. The van der Waals surface area contributed by atoms with Crippen LogP contribution in [0.15, 0.2) is 11.6 Å². The number of hydrogen-bond acceptors (Lipinski definition) is 5. The smallest absolute Gasteiger partial charge is 0.382 e. The van der Waals surface area contributed by atoms with Crippen molar-refractivity contribution in [3.63, 3.8) is 0 Å². The first kappa shape index (κ1) is 28.9. The van der Waals surface area contributed by atoms with Gasteiger partial charge in [0.2, 0.25) is 0 Å². The minimum absolute atomic E-state index is 0.100. The zero-order chi connectivity index (χ0) is 30.4. The number of halogens is 2. The van der Waals surface area contributed by atoms with E-state index >= 15 is 0 Å². The Bertz CT molecular complexity index is 1340. The van der Waals surface area contributed by atoms with Crippen LogP contribution in [0.2, 0.25) is 0 Å². The largest absolute Gasteiger partial charge is 0.427 e. The molecule has 41 heavy (non-hydrogen) atoms. The number of Topliss-reactive ketones (excluding diaryl/α,β-unsaturated/α-hetero) is 1. The Hall–Kier alpha value is -2.18. The van der Waals surface area contributed by atoms with E-state index < -0.39 is 68.7 Å². The van der Waals surface area contributed by atoms with E-state index in [0.29, 0.717) is 45.4 Å².